The number of nitro benzene ring substituents is 1. The lowest BCUT2D eigenvalue weighted by Crippen LogP contribution is -2.40. The quantitative estimate of drug-likeness (QED) is 0.653. The molecule has 0 spiro atoms. The van der Waals surface area contributed by atoms with Crippen molar-refractivity contribution >= 4 is 21.7 Å². The first kappa shape index (κ1) is 15.3. The van der Waals surface area contributed by atoms with Crippen molar-refractivity contribution in [2.75, 3.05) is 6.54 Å². The van der Waals surface area contributed by atoms with Crippen LogP contribution in [0.15, 0.2) is 23.1 Å². The first-order chi connectivity index (χ1) is 9.75. The summed E-state index contributed by atoms with van der Waals surface area (Å²) >= 11 is 0. The monoisotopic (exact) mass is 318 g/mol. The van der Waals surface area contributed by atoms with Crippen molar-refractivity contribution in [1.82, 2.24) is 4.31 Å². The van der Waals surface area contributed by atoms with Crippen LogP contribution in [0.5, 0.6) is 0 Å². The van der Waals surface area contributed by atoms with Gasteiger partial charge in [-0.05, 0) is 18.9 Å². The maximum Gasteiger partial charge on any atom is 0.322 e. The first-order valence-corrected chi connectivity index (χ1v) is 7.37. The lowest BCUT2D eigenvalue weighted by molar-refractivity contribution is -0.387. The highest BCUT2D eigenvalue weighted by Crippen LogP contribution is 2.28. The SMILES string of the molecule is O=C(O)C1CCCN1S(=O)(=O)c1ccc([N+](=O)[O-])c(F)c1. The van der Waals surface area contributed by atoms with E-state index >= 15 is 0 Å². The molecule has 0 aromatic heterocycles. The number of carbonyl (C=O) groups is 1. The minimum Gasteiger partial charge on any atom is -0.480 e. The van der Waals surface area contributed by atoms with Crippen LogP contribution in [0.25, 0.3) is 0 Å². The van der Waals surface area contributed by atoms with E-state index in [9.17, 15) is 27.7 Å². The van der Waals surface area contributed by atoms with Gasteiger partial charge in [0, 0.05) is 18.7 Å². The number of carboxylic acid groups (broad SMARTS) is 1. The molecule has 0 aliphatic carbocycles. The van der Waals surface area contributed by atoms with E-state index in [1.54, 1.807) is 0 Å². The van der Waals surface area contributed by atoms with Crippen LogP contribution in [0.2, 0.25) is 0 Å². The number of hydrogen-bond donors (Lipinski definition) is 1. The average Bonchev–Trinajstić information content (AvgIpc) is 2.88. The Hall–Kier alpha value is -2.07. The Morgan fingerprint density at radius 3 is 2.67 bits per heavy atom. The zero-order valence-corrected chi connectivity index (χ0v) is 11.4. The van der Waals surface area contributed by atoms with Crippen molar-refractivity contribution in [2.24, 2.45) is 0 Å². The number of sulfonamides is 1. The van der Waals surface area contributed by atoms with Gasteiger partial charge in [0.15, 0.2) is 0 Å². The maximum atomic E-state index is 13.5. The third-order valence-corrected chi connectivity index (χ3v) is 5.12. The van der Waals surface area contributed by atoms with Gasteiger partial charge in [0.05, 0.1) is 9.82 Å². The van der Waals surface area contributed by atoms with Crippen LogP contribution in [-0.4, -0.2) is 41.3 Å². The third-order valence-electron chi connectivity index (χ3n) is 3.21. The first-order valence-electron chi connectivity index (χ1n) is 5.93. The van der Waals surface area contributed by atoms with Crippen molar-refractivity contribution in [3.05, 3.63) is 34.1 Å². The van der Waals surface area contributed by atoms with E-state index in [1.165, 1.54) is 0 Å². The lowest BCUT2D eigenvalue weighted by atomic mass is 10.2. The van der Waals surface area contributed by atoms with E-state index < -0.39 is 43.4 Å². The fourth-order valence-corrected chi connectivity index (χ4v) is 3.87. The molecule has 1 aromatic carbocycles. The highest BCUT2D eigenvalue weighted by Gasteiger charge is 2.39. The molecule has 1 aliphatic heterocycles. The molecule has 1 fully saturated rings. The number of hydrogen-bond acceptors (Lipinski definition) is 5. The van der Waals surface area contributed by atoms with E-state index in [1.807, 2.05) is 0 Å². The van der Waals surface area contributed by atoms with E-state index in [0.717, 1.165) is 16.4 Å². The van der Waals surface area contributed by atoms with Crippen LogP contribution in [0, 0.1) is 15.9 Å². The number of nitrogens with zero attached hydrogens (tertiary/aromatic N) is 2. The summed E-state index contributed by atoms with van der Waals surface area (Å²) in [7, 11) is -4.21. The molecule has 114 valence electrons. The molecule has 0 amide bonds. The summed E-state index contributed by atoms with van der Waals surface area (Å²) in [5.74, 6) is -2.56. The molecular weight excluding hydrogens is 307 g/mol. The van der Waals surface area contributed by atoms with Crippen LogP contribution in [0.3, 0.4) is 0 Å². The standard InChI is InChI=1S/C11H11FN2O6S/c12-8-6-7(3-4-9(8)14(17)18)21(19,20)13-5-1-2-10(13)11(15)16/h3-4,6,10H,1-2,5H2,(H,15,16). The van der Waals surface area contributed by atoms with Gasteiger partial charge in [-0.25, -0.2) is 8.42 Å². The molecule has 2 rings (SSSR count). The zero-order chi connectivity index (χ0) is 15.8. The number of nitro groups is 1. The van der Waals surface area contributed by atoms with Crippen molar-refractivity contribution < 1.29 is 27.6 Å². The predicted molar refractivity (Wildman–Crippen MR) is 67.6 cm³/mol. The van der Waals surface area contributed by atoms with Gasteiger partial charge in [0.1, 0.15) is 6.04 Å². The molecule has 1 aromatic rings. The molecule has 8 nitrogen and oxygen atoms in total. The van der Waals surface area contributed by atoms with Crippen molar-refractivity contribution in [1.29, 1.82) is 0 Å². The molecule has 1 N–H and O–H groups in total. The second-order valence-electron chi connectivity index (χ2n) is 4.48. The second-order valence-corrected chi connectivity index (χ2v) is 6.37. The number of rotatable bonds is 4. The molecule has 1 saturated heterocycles. The van der Waals surface area contributed by atoms with Crippen LogP contribution >= 0.6 is 0 Å². The normalized spacial score (nSPS) is 19.6. The van der Waals surface area contributed by atoms with E-state index in [-0.39, 0.29) is 13.0 Å². The fraction of sp³-hybridized carbons (Fsp3) is 0.364. The smallest absolute Gasteiger partial charge is 0.322 e. The molecule has 0 saturated carbocycles. The molecular formula is C11H11FN2O6S. The van der Waals surface area contributed by atoms with E-state index in [4.69, 9.17) is 5.11 Å². The lowest BCUT2D eigenvalue weighted by Gasteiger charge is -2.20. The summed E-state index contributed by atoms with van der Waals surface area (Å²) in [5, 5.41) is 19.5. The topological polar surface area (TPSA) is 118 Å². The molecule has 21 heavy (non-hydrogen) atoms. The Labute approximate surface area is 119 Å². The van der Waals surface area contributed by atoms with Gasteiger partial charge in [-0.15, -0.1) is 0 Å². The molecule has 10 heteroatoms. The average molecular weight is 318 g/mol. The molecule has 0 radical (unpaired) electrons. The van der Waals surface area contributed by atoms with Gasteiger partial charge < -0.3 is 5.11 Å². The van der Waals surface area contributed by atoms with Crippen LogP contribution in [0.4, 0.5) is 10.1 Å². The van der Waals surface area contributed by atoms with Crippen molar-refractivity contribution in [2.45, 2.75) is 23.8 Å². The molecule has 1 heterocycles. The Bertz CT molecular complexity index is 705. The minimum atomic E-state index is -4.21. The Morgan fingerprint density at radius 2 is 2.14 bits per heavy atom. The van der Waals surface area contributed by atoms with Gasteiger partial charge in [-0.3, -0.25) is 14.9 Å². The number of carboxylic acids is 1. The molecule has 1 unspecified atom stereocenters. The summed E-state index contributed by atoms with van der Waals surface area (Å²) in [5.41, 5.74) is -0.842. The maximum absolute atomic E-state index is 13.5. The van der Waals surface area contributed by atoms with Gasteiger partial charge in [0.2, 0.25) is 15.8 Å². The van der Waals surface area contributed by atoms with Gasteiger partial charge in [-0.2, -0.15) is 8.70 Å². The third kappa shape index (κ3) is 2.72. The number of aliphatic carboxylic acids is 1. The number of halogens is 1. The highest BCUT2D eigenvalue weighted by molar-refractivity contribution is 7.89. The second kappa shape index (κ2) is 5.37. The molecule has 1 aliphatic rings. The molecule has 0 bridgehead atoms. The van der Waals surface area contributed by atoms with Gasteiger partial charge in [0.25, 0.3) is 0 Å². The zero-order valence-electron chi connectivity index (χ0n) is 10.6. The van der Waals surface area contributed by atoms with E-state index in [2.05, 4.69) is 0 Å². The summed E-state index contributed by atoms with van der Waals surface area (Å²) < 4.78 is 38.9. The van der Waals surface area contributed by atoms with Crippen molar-refractivity contribution in [3.8, 4) is 0 Å². The Morgan fingerprint density at radius 1 is 1.48 bits per heavy atom. The van der Waals surface area contributed by atoms with Gasteiger partial charge >= 0.3 is 11.7 Å². The predicted octanol–water partition coefficient (Wildman–Crippen LogP) is 0.972. The largest absolute Gasteiger partial charge is 0.480 e. The van der Waals surface area contributed by atoms with E-state index in [0.29, 0.717) is 12.5 Å². The summed E-state index contributed by atoms with van der Waals surface area (Å²) in [4.78, 5) is 20.1. The summed E-state index contributed by atoms with van der Waals surface area (Å²) in [6, 6.07) is 0.972. The minimum absolute atomic E-state index is 0.0118. The number of benzene rings is 1. The van der Waals surface area contributed by atoms with Gasteiger partial charge in [-0.1, -0.05) is 0 Å². The summed E-state index contributed by atoms with van der Waals surface area (Å²) in [6.07, 6.45) is 0.551. The summed E-state index contributed by atoms with van der Waals surface area (Å²) in [6.45, 7) is 0.0118. The Kier molecular flexibility index (Phi) is 3.92. The molecule has 1 atom stereocenters. The van der Waals surface area contributed by atoms with Crippen LogP contribution in [0.1, 0.15) is 12.8 Å². The highest BCUT2D eigenvalue weighted by atomic mass is 32.2. The van der Waals surface area contributed by atoms with Crippen molar-refractivity contribution in [3.63, 3.8) is 0 Å². The van der Waals surface area contributed by atoms with Crippen LogP contribution < -0.4 is 0 Å². The van der Waals surface area contributed by atoms with Crippen LogP contribution in [-0.2, 0) is 14.8 Å². The fourth-order valence-electron chi connectivity index (χ4n) is 2.21. The Balaban J connectivity index is 2.43.